The molecule has 0 radical (unpaired) electrons. The second kappa shape index (κ2) is 6.90. The third kappa shape index (κ3) is 4.23. The van der Waals surface area contributed by atoms with E-state index in [4.69, 9.17) is 10.00 Å². The van der Waals surface area contributed by atoms with Gasteiger partial charge in [-0.1, -0.05) is 0 Å². The summed E-state index contributed by atoms with van der Waals surface area (Å²) in [5, 5.41) is 19.1. The first-order chi connectivity index (χ1) is 9.06. The summed E-state index contributed by atoms with van der Waals surface area (Å²) in [7, 11) is 1.53. The van der Waals surface area contributed by atoms with Crippen LogP contribution in [0.15, 0.2) is 18.3 Å². The molecule has 8 nitrogen and oxygen atoms in total. The number of nitrogens with zero attached hydrogens (tertiary/aromatic N) is 4. The summed E-state index contributed by atoms with van der Waals surface area (Å²) in [6.07, 6.45) is 1.49. The molecule has 1 amide bonds. The molecular weight excluding hydrogens is 252 g/mol. The third-order valence-corrected chi connectivity index (χ3v) is 2.26. The fraction of sp³-hybridized carbons (Fsp3) is 0.364. The number of pyridine rings is 1. The number of nitro groups is 1. The van der Waals surface area contributed by atoms with E-state index in [1.54, 1.807) is 0 Å². The Morgan fingerprint density at radius 1 is 1.68 bits per heavy atom. The van der Waals surface area contributed by atoms with Crippen LogP contribution in [-0.4, -0.2) is 40.9 Å². The lowest BCUT2D eigenvalue weighted by atomic mass is 10.4. The van der Waals surface area contributed by atoms with Gasteiger partial charge in [-0.15, -0.1) is 0 Å². The second-order valence-corrected chi connectivity index (χ2v) is 3.59. The van der Waals surface area contributed by atoms with Gasteiger partial charge in [0.15, 0.2) is 6.61 Å². The minimum Gasteiger partial charge on any atom is -0.476 e. The second-order valence-electron chi connectivity index (χ2n) is 3.59. The van der Waals surface area contributed by atoms with Crippen LogP contribution < -0.4 is 4.74 Å². The van der Waals surface area contributed by atoms with Crippen LogP contribution in [0.1, 0.15) is 6.42 Å². The first kappa shape index (κ1) is 14.4. The van der Waals surface area contributed by atoms with Gasteiger partial charge < -0.3 is 19.8 Å². The molecule has 0 saturated carbocycles. The summed E-state index contributed by atoms with van der Waals surface area (Å²) in [6, 6.07) is 4.76. The molecule has 0 aliphatic heterocycles. The van der Waals surface area contributed by atoms with Crippen molar-refractivity contribution in [3.05, 3.63) is 28.4 Å². The normalized spacial score (nSPS) is 9.47. The van der Waals surface area contributed by atoms with Gasteiger partial charge in [-0.3, -0.25) is 4.79 Å². The van der Waals surface area contributed by atoms with Crippen molar-refractivity contribution in [3.8, 4) is 11.8 Å². The number of hydrogen-bond donors (Lipinski definition) is 0. The fourth-order valence-corrected chi connectivity index (χ4v) is 1.22. The number of amides is 1. The first-order valence-electron chi connectivity index (χ1n) is 5.39. The Balaban J connectivity index is 2.60. The molecular formula is C11H12N4O4. The molecule has 0 aliphatic carbocycles. The van der Waals surface area contributed by atoms with E-state index < -0.39 is 10.7 Å². The molecule has 0 unspecified atom stereocenters. The van der Waals surface area contributed by atoms with Crippen LogP contribution >= 0.6 is 0 Å². The maximum atomic E-state index is 11.6. The Kier molecular flexibility index (Phi) is 5.22. The number of nitriles is 1. The molecule has 1 aromatic heterocycles. The number of rotatable bonds is 6. The molecule has 19 heavy (non-hydrogen) atoms. The molecule has 0 spiro atoms. The Bertz CT molecular complexity index is 512. The van der Waals surface area contributed by atoms with E-state index in [1.165, 1.54) is 30.3 Å². The summed E-state index contributed by atoms with van der Waals surface area (Å²) in [6.45, 7) is -0.0533. The Labute approximate surface area is 109 Å². The summed E-state index contributed by atoms with van der Waals surface area (Å²) in [5.74, 6) is -0.863. The van der Waals surface area contributed by atoms with Crippen molar-refractivity contribution in [2.75, 3.05) is 20.2 Å². The molecule has 0 N–H and O–H groups in total. The van der Waals surface area contributed by atoms with Gasteiger partial charge in [-0.25, -0.2) is 0 Å². The number of carbonyl (C=O) groups excluding carboxylic acids is 1. The molecule has 100 valence electrons. The van der Waals surface area contributed by atoms with Gasteiger partial charge in [0, 0.05) is 13.6 Å². The van der Waals surface area contributed by atoms with Crippen LogP contribution in [0.3, 0.4) is 0 Å². The van der Waals surface area contributed by atoms with Crippen molar-refractivity contribution in [3.63, 3.8) is 0 Å². The number of ether oxygens (including phenoxy) is 1. The third-order valence-electron chi connectivity index (χ3n) is 2.26. The number of aromatic nitrogens is 1. The highest BCUT2D eigenvalue weighted by atomic mass is 16.6. The molecule has 1 heterocycles. The minimum absolute atomic E-state index is 0.0606. The predicted octanol–water partition coefficient (Wildman–Crippen LogP) is 0.741. The van der Waals surface area contributed by atoms with Gasteiger partial charge in [0.05, 0.1) is 12.5 Å². The molecule has 1 rings (SSSR count). The monoisotopic (exact) mass is 264 g/mol. The Morgan fingerprint density at radius 3 is 3.05 bits per heavy atom. The van der Waals surface area contributed by atoms with E-state index in [2.05, 4.69) is 4.98 Å². The van der Waals surface area contributed by atoms with E-state index in [0.717, 1.165) is 0 Å². The van der Waals surface area contributed by atoms with Gasteiger partial charge >= 0.3 is 5.82 Å². The average Bonchev–Trinajstić information content (AvgIpc) is 2.42. The van der Waals surface area contributed by atoms with Crippen LogP contribution in [0.25, 0.3) is 0 Å². The summed E-state index contributed by atoms with van der Waals surface area (Å²) in [5.41, 5.74) is 0. The highest BCUT2D eigenvalue weighted by Crippen LogP contribution is 2.22. The maximum Gasteiger partial charge on any atom is 0.406 e. The number of likely N-dealkylation sites (N-methyl/N-ethyl adjacent to an activating group) is 1. The Hall–Kier alpha value is -2.69. The summed E-state index contributed by atoms with van der Waals surface area (Å²) < 4.78 is 5.08. The average molecular weight is 264 g/mol. The van der Waals surface area contributed by atoms with Crippen molar-refractivity contribution < 1.29 is 14.5 Å². The fourth-order valence-electron chi connectivity index (χ4n) is 1.22. The van der Waals surface area contributed by atoms with Crippen molar-refractivity contribution in [2.45, 2.75) is 6.42 Å². The lowest BCUT2D eigenvalue weighted by Crippen LogP contribution is -2.32. The standard InChI is InChI=1S/C11H12N4O4/c1-14(7-3-5-12)10(16)8-19-9-4-2-6-13-11(9)15(17)18/h2,4,6H,3,7-8H2,1H3. The smallest absolute Gasteiger partial charge is 0.406 e. The number of hydrogen-bond acceptors (Lipinski definition) is 6. The molecule has 0 bridgehead atoms. The van der Waals surface area contributed by atoms with Crippen molar-refractivity contribution >= 4 is 11.7 Å². The zero-order valence-corrected chi connectivity index (χ0v) is 10.3. The molecule has 8 heteroatoms. The topological polar surface area (TPSA) is 109 Å². The molecule has 0 aromatic carbocycles. The van der Waals surface area contributed by atoms with Crippen LogP contribution in [0, 0.1) is 21.4 Å². The van der Waals surface area contributed by atoms with Gasteiger partial charge in [0.1, 0.15) is 6.20 Å². The summed E-state index contributed by atoms with van der Waals surface area (Å²) >= 11 is 0. The van der Waals surface area contributed by atoms with E-state index in [9.17, 15) is 14.9 Å². The lowest BCUT2D eigenvalue weighted by Gasteiger charge is -2.15. The molecule has 1 aromatic rings. The largest absolute Gasteiger partial charge is 0.476 e. The molecule has 0 fully saturated rings. The zero-order valence-electron chi connectivity index (χ0n) is 10.3. The van der Waals surface area contributed by atoms with Crippen LogP contribution in [0.2, 0.25) is 0 Å². The van der Waals surface area contributed by atoms with Gasteiger partial charge in [0.25, 0.3) is 5.91 Å². The highest BCUT2D eigenvalue weighted by Gasteiger charge is 2.17. The van der Waals surface area contributed by atoms with Crippen molar-refractivity contribution in [1.29, 1.82) is 5.26 Å². The van der Waals surface area contributed by atoms with E-state index in [0.29, 0.717) is 0 Å². The number of carbonyl (C=O) groups is 1. The van der Waals surface area contributed by atoms with Gasteiger partial charge in [0.2, 0.25) is 5.75 Å². The maximum absolute atomic E-state index is 11.6. The highest BCUT2D eigenvalue weighted by molar-refractivity contribution is 5.77. The van der Waals surface area contributed by atoms with Gasteiger partial charge in [-0.2, -0.15) is 5.26 Å². The first-order valence-corrected chi connectivity index (χ1v) is 5.39. The van der Waals surface area contributed by atoms with E-state index in [1.807, 2.05) is 6.07 Å². The summed E-state index contributed by atoms with van der Waals surface area (Å²) in [4.78, 5) is 26.5. The quantitative estimate of drug-likeness (QED) is 0.553. The minimum atomic E-state index is -0.681. The van der Waals surface area contributed by atoms with Crippen LogP contribution in [-0.2, 0) is 4.79 Å². The van der Waals surface area contributed by atoms with E-state index in [-0.39, 0.29) is 31.2 Å². The zero-order chi connectivity index (χ0) is 14.3. The van der Waals surface area contributed by atoms with Crippen molar-refractivity contribution in [2.24, 2.45) is 0 Å². The van der Waals surface area contributed by atoms with Crippen LogP contribution in [0.4, 0.5) is 5.82 Å². The van der Waals surface area contributed by atoms with E-state index >= 15 is 0 Å². The van der Waals surface area contributed by atoms with Crippen LogP contribution in [0.5, 0.6) is 5.75 Å². The van der Waals surface area contributed by atoms with Gasteiger partial charge in [-0.05, 0) is 22.0 Å². The Morgan fingerprint density at radius 2 is 2.42 bits per heavy atom. The predicted molar refractivity (Wildman–Crippen MR) is 64.3 cm³/mol. The molecule has 0 saturated heterocycles. The molecule has 0 aliphatic rings. The van der Waals surface area contributed by atoms with Crippen molar-refractivity contribution in [1.82, 2.24) is 9.88 Å². The lowest BCUT2D eigenvalue weighted by molar-refractivity contribution is -0.390. The molecule has 0 atom stereocenters. The SMILES string of the molecule is CN(CCC#N)C(=O)COc1cccnc1[N+](=O)[O-].